The number of rotatable bonds is 4. The molecule has 132 valence electrons. The van der Waals surface area contributed by atoms with Crippen LogP contribution in [-0.4, -0.2) is 23.1 Å². The Kier molecular flexibility index (Phi) is 3.82. The molecule has 0 unspecified atom stereocenters. The molecule has 0 bridgehead atoms. The lowest BCUT2D eigenvalue weighted by Crippen LogP contribution is -2.39. The first-order valence-electron chi connectivity index (χ1n) is 8.11. The minimum atomic E-state index is -0.387. The van der Waals surface area contributed by atoms with E-state index >= 15 is 0 Å². The summed E-state index contributed by atoms with van der Waals surface area (Å²) in [6.45, 7) is 16.3. The van der Waals surface area contributed by atoms with Crippen molar-refractivity contribution in [1.29, 1.82) is 0 Å². The minimum absolute atomic E-state index is 0.194. The van der Waals surface area contributed by atoms with E-state index in [1.165, 1.54) is 9.13 Å². The summed E-state index contributed by atoms with van der Waals surface area (Å²) in [6, 6.07) is 0. The number of hydrogen-bond acceptors (Lipinski definition) is 3. The predicted octanol–water partition coefficient (Wildman–Crippen LogP) is 1.92. The van der Waals surface area contributed by atoms with E-state index in [-0.39, 0.29) is 17.8 Å². The lowest BCUT2D eigenvalue weighted by Gasteiger charge is -2.08. The Balaban J connectivity index is 2.53. The molecule has 7 heteroatoms. The van der Waals surface area contributed by atoms with Gasteiger partial charge in [-0.25, -0.2) is 4.79 Å². The normalized spacial score (nSPS) is 11.6. The molecule has 7 nitrogen and oxygen atoms in total. The summed E-state index contributed by atoms with van der Waals surface area (Å²) in [5, 5.41) is 0. The third-order valence-corrected chi connectivity index (χ3v) is 4.49. The fourth-order valence-corrected chi connectivity index (χ4v) is 3.18. The van der Waals surface area contributed by atoms with Gasteiger partial charge in [0.05, 0.1) is 6.54 Å². The van der Waals surface area contributed by atoms with Gasteiger partial charge in [-0.05, 0) is 27.7 Å². The zero-order chi connectivity index (χ0) is 18.6. The molecule has 0 atom stereocenters. The van der Waals surface area contributed by atoms with Gasteiger partial charge in [-0.3, -0.25) is 18.3 Å². The number of hydrogen-bond donors (Lipinski definition) is 0. The third-order valence-electron chi connectivity index (χ3n) is 4.49. The minimum Gasteiger partial charge on any atom is -0.310 e. The van der Waals surface area contributed by atoms with Crippen LogP contribution >= 0.6 is 0 Å². The van der Waals surface area contributed by atoms with E-state index in [1.807, 2.05) is 29.7 Å². The Morgan fingerprint density at radius 1 is 1.00 bits per heavy atom. The van der Waals surface area contributed by atoms with E-state index in [9.17, 15) is 9.59 Å². The summed E-state index contributed by atoms with van der Waals surface area (Å²) in [5.41, 5.74) is 3.75. The molecule has 0 aliphatic carbocycles. The van der Waals surface area contributed by atoms with Gasteiger partial charge in [-0.15, -0.1) is 0 Å². The molecule has 0 saturated heterocycles. The Labute approximate surface area is 145 Å². The molecular weight excluding hydrogens is 318 g/mol. The molecule has 3 heterocycles. The Morgan fingerprint density at radius 2 is 1.56 bits per heavy atom. The molecule has 0 amide bonds. The molecule has 0 spiro atoms. The second kappa shape index (κ2) is 5.61. The standard InChI is InChI=1S/C18H23N5O2/c1-10(2)8-21-12(5)13(6)23-14-15(19-17(21)23)20(7)18(25)22(16(14)24)9-11(3)4/h1,3,8-9H2,2,4-7H3. The lowest BCUT2D eigenvalue weighted by atomic mass is 10.3. The Bertz CT molecular complexity index is 1170. The van der Waals surface area contributed by atoms with E-state index in [4.69, 9.17) is 0 Å². The van der Waals surface area contributed by atoms with E-state index < -0.39 is 0 Å². The summed E-state index contributed by atoms with van der Waals surface area (Å²) >= 11 is 0. The van der Waals surface area contributed by atoms with Crippen molar-refractivity contribution in [2.45, 2.75) is 40.8 Å². The van der Waals surface area contributed by atoms with Crippen molar-refractivity contribution in [1.82, 2.24) is 23.1 Å². The fourth-order valence-electron chi connectivity index (χ4n) is 3.18. The highest BCUT2D eigenvalue weighted by atomic mass is 16.2. The topological polar surface area (TPSA) is 66.2 Å². The van der Waals surface area contributed by atoms with Gasteiger partial charge in [0.15, 0.2) is 11.2 Å². The van der Waals surface area contributed by atoms with Crippen molar-refractivity contribution in [2.24, 2.45) is 7.05 Å². The molecule has 0 N–H and O–H groups in total. The molecule has 25 heavy (non-hydrogen) atoms. The molecule has 3 aromatic rings. The van der Waals surface area contributed by atoms with Gasteiger partial charge in [0.2, 0.25) is 5.78 Å². The number of aromatic nitrogens is 5. The van der Waals surface area contributed by atoms with Gasteiger partial charge in [0, 0.05) is 25.0 Å². The van der Waals surface area contributed by atoms with Gasteiger partial charge in [0.1, 0.15) is 0 Å². The zero-order valence-electron chi connectivity index (χ0n) is 15.4. The summed E-state index contributed by atoms with van der Waals surface area (Å²) in [6.07, 6.45) is 0. The summed E-state index contributed by atoms with van der Waals surface area (Å²) in [4.78, 5) is 30.2. The third kappa shape index (κ3) is 2.38. The molecule has 0 aliphatic rings. The smallest absolute Gasteiger partial charge is 0.310 e. The first-order valence-corrected chi connectivity index (χ1v) is 8.11. The van der Waals surface area contributed by atoms with Gasteiger partial charge in [-0.2, -0.15) is 4.98 Å². The molecule has 0 aliphatic heterocycles. The SMILES string of the molecule is C=C(C)Cn1c(=O)c2c(nc3n(CC(=C)C)c(C)c(C)n23)n(C)c1=O. The number of fused-ring (bicyclic) bond motifs is 3. The van der Waals surface area contributed by atoms with Crippen molar-refractivity contribution in [3.63, 3.8) is 0 Å². The fraction of sp³-hybridized carbons (Fsp3) is 0.389. The van der Waals surface area contributed by atoms with Crippen LogP contribution in [0.25, 0.3) is 16.9 Å². The number of imidazole rings is 2. The zero-order valence-corrected chi connectivity index (χ0v) is 15.4. The van der Waals surface area contributed by atoms with Crippen molar-refractivity contribution >= 4 is 16.9 Å². The lowest BCUT2D eigenvalue weighted by molar-refractivity contribution is 0.650. The van der Waals surface area contributed by atoms with Gasteiger partial charge in [-0.1, -0.05) is 24.3 Å². The molecule has 0 saturated carbocycles. The van der Waals surface area contributed by atoms with Gasteiger partial charge >= 0.3 is 5.69 Å². The van der Waals surface area contributed by atoms with Crippen LogP contribution in [0.2, 0.25) is 0 Å². The van der Waals surface area contributed by atoms with Crippen molar-refractivity contribution in [3.05, 3.63) is 56.5 Å². The second-order valence-electron chi connectivity index (χ2n) is 6.82. The Morgan fingerprint density at radius 3 is 2.12 bits per heavy atom. The van der Waals surface area contributed by atoms with Crippen LogP contribution in [0.4, 0.5) is 0 Å². The maximum Gasteiger partial charge on any atom is 0.332 e. The van der Waals surface area contributed by atoms with Gasteiger partial charge in [0.25, 0.3) is 5.56 Å². The second-order valence-corrected chi connectivity index (χ2v) is 6.82. The molecule has 0 radical (unpaired) electrons. The highest BCUT2D eigenvalue weighted by Gasteiger charge is 2.22. The highest BCUT2D eigenvalue weighted by molar-refractivity contribution is 5.76. The molecule has 3 rings (SSSR count). The van der Waals surface area contributed by atoms with Crippen LogP contribution in [0, 0.1) is 13.8 Å². The summed E-state index contributed by atoms with van der Waals surface area (Å²) in [5.74, 6) is 0.646. The number of aryl methyl sites for hydroxylation is 2. The first-order chi connectivity index (χ1) is 11.6. The number of nitrogens with zero attached hydrogens (tertiary/aromatic N) is 5. The summed E-state index contributed by atoms with van der Waals surface area (Å²) in [7, 11) is 1.64. The van der Waals surface area contributed by atoms with Gasteiger partial charge < -0.3 is 4.57 Å². The van der Waals surface area contributed by atoms with E-state index in [0.29, 0.717) is 23.5 Å². The summed E-state index contributed by atoms with van der Waals surface area (Å²) < 4.78 is 6.49. The number of allylic oxidation sites excluding steroid dienone is 2. The van der Waals surface area contributed by atoms with E-state index in [1.54, 1.807) is 14.0 Å². The van der Waals surface area contributed by atoms with Crippen molar-refractivity contribution in [2.75, 3.05) is 0 Å². The van der Waals surface area contributed by atoms with Crippen molar-refractivity contribution < 1.29 is 0 Å². The average Bonchev–Trinajstić information content (AvgIpc) is 3.01. The maximum atomic E-state index is 13.0. The molecule has 0 aromatic carbocycles. The van der Waals surface area contributed by atoms with Crippen LogP contribution in [0.1, 0.15) is 25.2 Å². The van der Waals surface area contributed by atoms with Crippen LogP contribution < -0.4 is 11.2 Å². The van der Waals surface area contributed by atoms with Crippen LogP contribution in [-0.2, 0) is 20.1 Å². The average molecular weight is 341 g/mol. The van der Waals surface area contributed by atoms with E-state index in [0.717, 1.165) is 22.5 Å². The van der Waals surface area contributed by atoms with Crippen LogP contribution in [0.5, 0.6) is 0 Å². The molecular formula is C18H23N5O2. The quantitative estimate of drug-likeness (QED) is 0.681. The largest absolute Gasteiger partial charge is 0.332 e. The Hall–Kier alpha value is -2.83. The highest BCUT2D eigenvalue weighted by Crippen LogP contribution is 2.21. The molecule has 0 fully saturated rings. The maximum absolute atomic E-state index is 13.0. The molecule has 3 aromatic heterocycles. The van der Waals surface area contributed by atoms with E-state index in [2.05, 4.69) is 18.1 Å². The van der Waals surface area contributed by atoms with Crippen LogP contribution in [0.15, 0.2) is 33.9 Å². The van der Waals surface area contributed by atoms with Crippen molar-refractivity contribution in [3.8, 4) is 0 Å². The first kappa shape index (κ1) is 17.0. The van der Waals surface area contributed by atoms with Crippen LogP contribution in [0.3, 0.4) is 0 Å². The monoisotopic (exact) mass is 341 g/mol. The predicted molar refractivity (Wildman–Crippen MR) is 99.3 cm³/mol.